The maximum atomic E-state index is 12.6. The van der Waals surface area contributed by atoms with Crippen LogP contribution in [0.5, 0.6) is 0 Å². The molecule has 170 valence electrons. The highest BCUT2D eigenvalue weighted by Crippen LogP contribution is 2.44. The van der Waals surface area contributed by atoms with Gasteiger partial charge in [0.15, 0.2) is 0 Å². The summed E-state index contributed by atoms with van der Waals surface area (Å²) >= 11 is 0. The van der Waals surface area contributed by atoms with E-state index in [-0.39, 0.29) is 18.9 Å². The molecular weight excluding hydrogens is 408 g/mol. The summed E-state index contributed by atoms with van der Waals surface area (Å²) < 4.78 is 5.58. The van der Waals surface area contributed by atoms with Crippen molar-refractivity contribution >= 4 is 18.0 Å². The number of rotatable bonds is 10. The zero-order chi connectivity index (χ0) is 23.1. The quantitative estimate of drug-likeness (QED) is 0.519. The molecule has 3 rings (SSSR count). The number of carbonyl (C=O) groups excluding carboxylic acids is 2. The van der Waals surface area contributed by atoms with Crippen LogP contribution in [0.3, 0.4) is 0 Å². The second-order valence-electron chi connectivity index (χ2n) is 8.14. The van der Waals surface area contributed by atoms with Crippen LogP contribution >= 0.6 is 0 Å². The third-order valence-electron chi connectivity index (χ3n) is 5.75. The lowest BCUT2D eigenvalue weighted by Crippen LogP contribution is -2.43. The van der Waals surface area contributed by atoms with Crippen molar-refractivity contribution in [2.45, 2.75) is 57.5 Å². The van der Waals surface area contributed by atoms with Crippen LogP contribution in [0.15, 0.2) is 48.5 Å². The van der Waals surface area contributed by atoms with Crippen molar-refractivity contribution in [2.24, 2.45) is 0 Å². The van der Waals surface area contributed by atoms with Gasteiger partial charge in [0.25, 0.3) is 0 Å². The fourth-order valence-electron chi connectivity index (χ4n) is 4.07. The van der Waals surface area contributed by atoms with Crippen molar-refractivity contribution < 1.29 is 24.2 Å². The van der Waals surface area contributed by atoms with Crippen LogP contribution in [0.4, 0.5) is 4.79 Å². The number of unbranched alkanes of at least 4 members (excludes halogenated alkanes) is 1. The lowest BCUT2D eigenvalue weighted by atomic mass is 9.98. The molecule has 0 aromatic heterocycles. The van der Waals surface area contributed by atoms with Crippen LogP contribution < -0.4 is 10.6 Å². The van der Waals surface area contributed by atoms with Gasteiger partial charge in [-0.3, -0.25) is 9.59 Å². The number of benzene rings is 2. The highest BCUT2D eigenvalue weighted by molar-refractivity contribution is 5.84. The maximum Gasteiger partial charge on any atom is 0.407 e. The molecule has 0 radical (unpaired) electrons. The Morgan fingerprint density at radius 1 is 1.00 bits per heavy atom. The number of aliphatic carboxylic acids is 1. The van der Waals surface area contributed by atoms with Crippen molar-refractivity contribution in [1.29, 1.82) is 0 Å². The van der Waals surface area contributed by atoms with E-state index in [2.05, 4.69) is 34.9 Å². The number of hydrogen-bond donors (Lipinski definition) is 3. The van der Waals surface area contributed by atoms with E-state index in [1.165, 1.54) is 6.92 Å². The zero-order valence-corrected chi connectivity index (χ0v) is 18.5. The first-order valence-electron chi connectivity index (χ1n) is 11.0. The monoisotopic (exact) mass is 438 g/mol. The van der Waals surface area contributed by atoms with Gasteiger partial charge in [-0.1, -0.05) is 68.3 Å². The third kappa shape index (κ3) is 5.66. The summed E-state index contributed by atoms with van der Waals surface area (Å²) in [5.41, 5.74) is 4.57. The average molecular weight is 439 g/mol. The SMILES string of the molecule is CCCCC(CC(=O)N[C@H](C)C(=O)O)NC(=O)OCC1c2ccccc2-c2ccccc21. The van der Waals surface area contributed by atoms with Crippen molar-refractivity contribution in [1.82, 2.24) is 10.6 Å². The number of fused-ring (bicyclic) bond motifs is 3. The van der Waals surface area contributed by atoms with E-state index in [0.29, 0.717) is 6.42 Å². The molecule has 2 aromatic rings. The summed E-state index contributed by atoms with van der Waals surface area (Å²) in [7, 11) is 0. The number of hydrogen-bond acceptors (Lipinski definition) is 4. The molecule has 32 heavy (non-hydrogen) atoms. The number of amides is 2. The Hall–Kier alpha value is -3.35. The molecule has 0 spiro atoms. The summed E-state index contributed by atoms with van der Waals surface area (Å²) in [4.78, 5) is 35.7. The number of ether oxygens (including phenoxy) is 1. The van der Waals surface area contributed by atoms with Crippen LogP contribution in [0.1, 0.15) is 56.6 Å². The molecule has 0 bridgehead atoms. The lowest BCUT2D eigenvalue weighted by molar-refractivity contribution is -0.141. The summed E-state index contributed by atoms with van der Waals surface area (Å²) in [5, 5.41) is 14.2. The predicted molar refractivity (Wildman–Crippen MR) is 121 cm³/mol. The van der Waals surface area contributed by atoms with Gasteiger partial charge in [0.1, 0.15) is 12.6 Å². The first-order chi connectivity index (χ1) is 15.4. The predicted octanol–water partition coefficient (Wildman–Crippen LogP) is 4.06. The summed E-state index contributed by atoms with van der Waals surface area (Å²) in [6.45, 7) is 3.62. The van der Waals surface area contributed by atoms with Gasteiger partial charge < -0.3 is 20.5 Å². The Labute approximate surface area is 188 Å². The van der Waals surface area contributed by atoms with E-state index in [0.717, 1.165) is 35.1 Å². The van der Waals surface area contributed by atoms with Crippen molar-refractivity contribution in [3.8, 4) is 11.1 Å². The Morgan fingerprint density at radius 2 is 1.59 bits per heavy atom. The Morgan fingerprint density at radius 3 is 2.16 bits per heavy atom. The van der Waals surface area contributed by atoms with Gasteiger partial charge >= 0.3 is 12.1 Å². The summed E-state index contributed by atoms with van der Waals surface area (Å²) in [5.74, 6) is -1.56. The molecule has 0 aliphatic heterocycles. The van der Waals surface area contributed by atoms with Crippen LogP contribution in [-0.2, 0) is 14.3 Å². The van der Waals surface area contributed by atoms with Crippen molar-refractivity contribution in [3.05, 3.63) is 59.7 Å². The molecule has 2 aromatic carbocycles. The minimum Gasteiger partial charge on any atom is -0.480 e. The van der Waals surface area contributed by atoms with E-state index in [1.54, 1.807) is 0 Å². The first-order valence-corrected chi connectivity index (χ1v) is 11.0. The third-order valence-corrected chi connectivity index (χ3v) is 5.75. The molecular formula is C25H30N2O5. The van der Waals surface area contributed by atoms with Crippen LogP contribution in [0.25, 0.3) is 11.1 Å². The molecule has 1 unspecified atom stereocenters. The van der Waals surface area contributed by atoms with Crippen LogP contribution in [0.2, 0.25) is 0 Å². The highest BCUT2D eigenvalue weighted by Gasteiger charge is 2.29. The maximum absolute atomic E-state index is 12.6. The molecule has 3 N–H and O–H groups in total. The van der Waals surface area contributed by atoms with E-state index >= 15 is 0 Å². The van der Waals surface area contributed by atoms with Crippen LogP contribution in [-0.4, -0.2) is 41.8 Å². The minimum atomic E-state index is -1.10. The second-order valence-corrected chi connectivity index (χ2v) is 8.14. The van der Waals surface area contributed by atoms with Gasteiger partial charge in [-0.25, -0.2) is 4.79 Å². The molecule has 0 fully saturated rings. The van der Waals surface area contributed by atoms with Gasteiger partial charge in [-0.2, -0.15) is 0 Å². The van der Waals surface area contributed by atoms with Gasteiger partial charge in [0.2, 0.25) is 5.91 Å². The molecule has 0 saturated heterocycles. The Bertz CT molecular complexity index is 929. The van der Waals surface area contributed by atoms with Gasteiger partial charge in [-0.15, -0.1) is 0 Å². The Balaban J connectivity index is 1.60. The van der Waals surface area contributed by atoms with E-state index < -0.39 is 30.1 Å². The fraction of sp³-hybridized carbons (Fsp3) is 0.400. The standard InChI is InChI=1S/C25H30N2O5/c1-3-4-9-17(14-23(28)26-16(2)24(29)30)27-25(31)32-15-22-20-12-7-5-10-18(20)19-11-6-8-13-21(19)22/h5-8,10-13,16-17,22H,3-4,9,14-15H2,1-2H3,(H,26,28)(H,27,31)(H,29,30)/t16-,17?/m1/s1. The number of carboxylic acids is 1. The topological polar surface area (TPSA) is 105 Å². The lowest BCUT2D eigenvalue weighted by Gasteiger charge is -2.20. The number of alkyl carbamates (subject to hydrolysis) is 1. The molecule has 7 nitrogen and oxygen atoms in total. The second kappa shape index (κ2) is 10.8. The van der Waals surface area contributed by atoms with E-state index in [1.807, 2.05) is 31.2 Å². The van der Waals surface area contributed by atoms with E-state index in [4.69, 9.17) is 9.84 Å². The molecule has 0 heterocycles. The summed E-state index contributed by atoms with van der Waals surface area (Å²) in [6, 6.07) is 14.8. The first kappa shape index (κ1) is 23.3. The molecule has 1 aliphatic rings. The van der Waals surface area contributed by atoms with Crippen molar-refractivity contribution in [3.63, 3.8) is 0 Å². The van der Waals surface area contributed by atoms with Crippen LogP contribution in [0, 0.1) is 0 Å². The van der Waals surface area contributed by atoms with E-state index in [9.17, 15) is 14.4 Å². The normalized spacial score (nSPS) is 14.1. The largest absolute Gasteiger partial charge is 0.480 e. The smallest absolute Gasteiger partial charge is 0.407 e. The van der Waals surface area contributed by atoms with Gasteiger partial charge in [0.05, 0.1) is 0 Å². The molecule has 7 heteroatoms. The number of carboxylic acid groups (broad SMARTS) is 1. The highest BCUT2D eigenvalue weighted by atomic mass is 16.5. The van der Waals surface area contributed by atoms with Gasteiger partial charge in [-0.05, 0) is 35.6 Å². The average Bonchev–Trinajstić information content (AvgIpc) is 3.09. The minimum absolute atomic E-state index is 0.00180. The number of carbonyl (C=O) groups is 3. The zero-order valence-electron chi connectivity index (χ0n) is 18.5. The molecule has 2 amide bonds. The fourth-order valence-corrected chi connectivity index (χ4v) is 4.07. The molecule has 0 saturated carbocycles. The van der Waals surface area contributed by atoms with Crippen molar-refractivity contribution in [2.75, 3.05) is 6.61 Å². The molecule has 2 atom stereocenters. The summed E-state index contributed by atoms with van der Waals surface area (Å²) in [6.07, 6.45) is 1.77. The van der Waals surface area contributed by atoms with Gasteiger partial charge in [0, 0.05) is 18.4 Å². The number of nitrogens with one attached hydrogen (secondary N) is 2. The molecule has 1 aliphatic carbocycles. The Kier molecular flexibility index (Phi) is 7.87.